The molecule has 5 heteroatoms. The van der Waals surface area contributed by atoms with Gasteiger partial charge in [0.1, 0.15) is 0 Å². The number of fused-ring (bicyclic) bond motifs is 1. The first-order chi connectivity index (χ1) is 7.20. The third-order valence-electron chi connectivity index (χ3n) is 2.43. The van der Waals surface area contributed by atoms with Gasteiger partial charge in [0.2, 0.25) is 0 Å². The summed E-state index contributed by atoms with van der Waals surface area (Å²) in [6.45, 7) is 5.82. The van der Waals surface area contributed by atoms with Crippen LogP contribution >= 0.6 is 0 Å². The molecule has 0 spiro atoms. The average molecular weight is 209 g/mol. The van der Waals surface area contributed by atoms with Gasteiger partial charge >= 0.3 is 5.97 Å². The van der Waals surface area contributed by atoms with Crippen molar-refractivity contribution < 1.29 is 9.53 Å². The maximum atomic E-state index is 11.4. The van der Waals surface area contributed by atoms with Crippen LogP contribution in [0.3, 0.4) is 0 Å². The molecule has 0 aromatic carbocycles. The monoisotopic (exact) mass is 209 g/mol. The minimum Gasteiger partial charge on any atom is -0.461 e. The van der Waals surface area contributed by atoms with E-state index in [1.54, 1.807) is 13.0 Å². The number of esters is 1. The van der Waals surface area contributed by atoms with Gasteiger partial charge in [-0.25, -0.2) is 4.79 Å². The van der Waals surface area contributed by atoms with Crippen molar-refractivity contribution in [2.45, 2.75) is 33.0 Å². The summed E-state index contributed by atoms with van der Waals surface area (Å²) in [5.74, 6) is -0.341. The van der Waals surface area contributed by atoms with Crippen LogP contribution < -0.4 is 5.32 Å². The fourth-order valence-electron chi connectivity index (χ4n) is 1.66. The van der Waals surface area contributed by atoms with E-state index in [2.05, 4.69) is 17.3 Å². The van der Waals surface area contributed by atoms with Gasteiger partial charge in [0, 0.05) is 12.6 Å². The molecule has 1 aliphatic heterocycles. The maximum Gasteiger partial charge on any atom is 0.358 e. The van der Waals surface area contributed by atoms with Crippen LogP contribution in [0.15, 0.2) is 6.07 Å². The van der Waals surface area contributed by atoms with Crippen molar-refractivity contribution >= 4 is 5.97 Å². The van der Waals surface area contributed by atoms with Crippen LogP contribution in [0.1, 0.15) is 30.0 Å². The first kappa shape index (κ1) is 10.2. The summed E-state index contributed by atoms with van der Waals surface area (Å²) in [4.78, 5) is 11.4. The molecule has 2 rings (SSSR count). The van der Waals surface area contributed by atoms with Crippen molar-refractivity contribution in [1.82, 2.24) is 15.1 Å². The molecule has 2 heterocycles. The number of ether oxygens (including phenoxy) is 1. The number of carbonyl (C=O) groups is 1. The van der Waals surface area contributed by atoms with Crippen LogP contribution in [-0.2, 0) is 17.8 Å². The van der Waals surface area contributed by atoms with Crippen molar-refractivity contribution in [1.29, 1.82) is 0 Å². The highest BCUT2D eigenvalue weighted by atomic mass is 16.5. The third kappa shape index (κ3) is 2.02. The number of hydrogen-bond donors (Lipinski definition) is 1. The van der Waals surface area contributed by atoms with Crippen LogP contribution in [-0.4, -0.2) is 28.4 Å². The normalized spacial score (nSPS) is 19.7. The van der Waals surface area contributed by atoms with Crippen molar-refractivity contribution in [2.24, 2.45) is 0 Å². The highest BCUT2D eigenvalue weighted by molar-refractivity contribution is 5.87. The van der Waals surface area contributed by atoms with E-state index in [1.807, 2.05) is 4.68 Å². The lowest BCUT2D eigenvalue weighted by Gasteiger charge is -2.21. The lowest BCUT2D eigenvalue weighted by molar-refractivity contribution is 0.0518. The summed E-state index contributed by atoms with van der Waals surface area (Å²) in [5.41, 5.74) is 1.44. The third-order valence-corrected chi connectivity index (χ3v) is 2.43. The minimum absolute atomic E-state index is 0.341. The van der Waals surface area contributed by atoms with E-state index < -0.39 is 0 Å². The molecule has 0 saturated carbocycles. The molecule has 0 bridgehead atoms. The predicted molar refractivity (Wildman–Crippen MR) is 54.5 cm³/mol. The molecule has 0 amide bonds. The molecule has 1 aromatic heterocycles. The van der Waals surface area contributed by atoms with Gasteiger partial charge in [0.05, 0.1) is 18.8 Å². The highest BCUT2D eigenvalue weighted by Crippen LogP contribution is 2.11. The van der Waals surface area contributed by atoms with Crippen LogP contribution in [0.2, 0.25) is 0 Å². The fraction of sp³-hybridized carbons (Fsp3) is 0.600. The number of hydrogen-bond acceptors (Lipinski definition) is 4. The summed E-state index contributed by atoms with van der Waals surface area (Å²) in [6.07, 6.45) is 0. The standard InChI is InChI=1S/C10H15N3O2/c1-3-15-10(14)9-4-8-5-11-7(2)6-13(8)12-9/h4,7,11H,3,5-6H2,1-2H3. The van der Waals surface area contributed by atoms with Gasteiger partial charge in [-0.15, -0.1) is 0 Å². The van der Waals surface area contributed by atoms with Gasteiger partial charge in [0.15, 0.2) is 5.69 Å². The first-order valence-corrected chi connectivity index (χ1v) is 5.18. The van der Waals surface area contributed by atoms with Crippen molar-refractivity contribution in [3.63, 3.8) is 0 Å². The highest BCUT2D eigenvalue weighted by Gasteiger charge is 2.19. The van der Waals surface area contributed by atoms with Crippen LogP contribution in [0.25, 0.3) is 0 Å². The zero-order valence-electron chi connectivity index (χ0n) is 8.99. The Balaban J connectivity index is 2.19. The molecule has 5 nitrogen and oxygen atoms in total. The van der Waals surface area contributed by atoms with E-state index >= 15 is 0 Å². The lowest BCUT2D eigenvalue weighted by Crippen LogP contribution is -2.36. The molecular weight excluding hydrogens is 194 g/mol. The second kappa shape index (κ2) is 4.02. The molecule has 0 fully saturated rings. The summed E-state index contributed by atoms with van der Waals surface area (Å²) in [6, 6.07) is 2.18. The number of nitrogens with one attached hydrogen (secondary N) is 1. The molecule has 0 aliphatic carbocycles. The number of carbonyl (C=O) groups excluding carboxylic acids is 1. The van der Waals surface area contributed by atoms with E-state index in [9.17, 15) is 4.79 Å². The quantitative estimate of drug-likeness (QED) is 0.723. The minimum atomic E-state index is -0.341. The Kier molecular flexibility index (Phi) is 2.73. The van der Waals surface area contributed by atoms with Crippen molar-refractivity contribution in [2.75, 3.05) is 6.61 Å². The Morgan fingerprint density at radius 2 is 2.60 bits per heavy atom. The number of aromatic nitrogens is 2. The number of rotatable bonds is 2. The van der Waals surface area contributed by atoms with Gasteiger partial charge in [0.25, 0.3) is 0 Å². The predicted octanol–water partition coefficient (Wildman–Crippen LogP) is 0.551. The van der Waals surface area contributed by atoms with Crippen molar-refractivity contribution in [3.8, 4) is 0 Å². The van der Waals surface area contributed by atoms with Gasteiger partial charge in [-0.3, -0.25) is 4.68 Å². The van der Waals surface area contributed by atoms with Gasteiger partial charge in [-0.2, -0.15) is 5.10 Å². The summed E-state index contributed by atoms with van der Waals surface area (Å²) in [5, 5.41) is 7.53. The van der Waals surface area contributed by atoms with E-state index in [0.717, 1.165) is 18.8 Å². The molecule has 0 saturated heterocycles. The fourth-order valence-corrected chi connectivity index (χ4v) is 1.66. The van der Waals surface area contributed by atoms with Gasteiger partial charge in [-0.05, 0) is 19.9 Å². The second-order valence-corrected chi connectivity index (χ2v) is 3.71. The smallest absolute Gasteiger partial charge is 0.358 e. The zero-order chi connectivity index (χ0) is 10.8. The largest absolute Gasteiger partial charge is 0.461 e. The van der Waals surface area contributed by atoms with Crippen LogP contribution in [0.5, 0.6) is 0 Å². The van der Waals surface area contributed by atoms with Crippen LogP contribution in [0.4, 0.5) is 0 Å². The second-order valence-electron chi connectivity index (χ2n) is 3.71. The van der Waals surface area contributed by atoms with Crippen LogP contribution in [0, 0.1) is 0 Å². The van der Waals surface area contributed by atoms with E-state index in [1.165, 1.54) is 0 Å². The zero-order valence-corrected chi connectivity index (χ0v) is 8.99. The Bertz CT molecular complexity index is 373. The first-order valence-electron chi connectivity index (χ1n) is 5.18. The molecule has 1 atom stereocenters. The van der Waals surface area contributed by atoms with Gasteiger partial charge < -0.3 is 10.1 Å². The molecule has 82 valence electrons. The summed E-state index contributed by atoms with van der Waals surface area (Å²) < 4.78 is 6.77. The van der Waals surface area contributed by atoms with E-state index in [4.69, 9.17) is 4.74 Å². The maximum absolute atomic E-state index is 11.4. The Morgan fingerprint density at radius 3 is 3.33 bits per heavy atom. The van der Waals surface area contributed by atoms with Crippen molar-refractivity contribution in [3.05, 3.63) is 17.5 Å². The van der Waals surface area contributed by atoms with Gasteiger partial charge in [-0.1, -0.05) is 0 Å². The molecule has 1 aliphatic rings. The Hall–Kier alpha value is -1.36. The molecule has 0 radical (unpaired) electrons. The molecular formula is C10H15N3O2. The molecule has 15 heavy (non-hydrogen) atoms. The topological polar surface area (TPSA) is 56.2 Å². The van der Waals surface area contributed by atoms with E-state index in [-0.39, 0.29) is 5.97 Å². The SMILES string of the molecule is CCOC(=O)c1cc2n(n1)CC(C)NC2. The molecule has 1 aromatic rings. The molecule has 1 N–H and O–H groups in total. The molecule has 1 unspecified atom stereocenters. The summed E-state index contributed by atoms with van der Waals surface area (Å²) >= 11 is 0. The summed E-state index contributed by atoms with van der Waals surface area (Å²) in [7, 11) is 0. The van der Waals surface area contributed by atoms with E-state index in [0.29, 0.717) is 18.3 Å². The lowest BCUT2D eigenvalue weighted by atomic mass is 10.2. The average Bonchev–Trinajstić information content (AvgIpc) is 2.60. The Labute approximate surface area is 88.4 Å². The number of nitrogens with zero attached hydrogens (tertiary/aromatic N) is 2. The Morgan fingerprint density at radius 1 is 1.80 bits per heavy atom.